The molecule has 124 valence electrons. The number of fused-ring (bicyclic) bond motifs is 1. The van der Waals surface area contributed by atoms with Gasteiger partial charge in [0.15, 0.2) is 15.0 Å². The van der Waals surface area contributed by atoms with Crippen LogP contribution in [0.25, 0.3) is 0 Å². The van der Waals surface area contributed by atoms with Crippen LogP contribution in [0.3, 0.4) is 0 Å². The predicted molar refractivity (Wildman–Crippen MR) is 87.0 cm³/mol. The van der Waals surface area contributed by atoms with Crippen molar-refractivity contribution in [2.45, 2.75) is 11.3 Å². The van der Waals surface area contributed by atoms with E-state index in [9.17, 15) is 17.6 Å². The Labute approximate surface area is 137 Å². The van der Waals surface area contributed by atoms with Crippen LogP contribution in [0, 0.1) is 5.82 Å². The van der Waals surface area contributed by atoms with Gasteiger partial charge in [0.25, 0.3) is 5.91 Å². The van der Waals surface area contributed by atoms with Crippen molar-refractivity contribution in [3.05, 3.63) is 30.1 Å². The molecule has 1 aromatic carbocycles. The minimum absolute atomic E-state index is 0.00474. The molecule has 23 heavy (non-hydrogen) atoms. The first-order chi connectivity index (χ1) is 10.9. The number of anilines is 1. The molecule has 0 spiro atoms. The third-order valence-electron chi connectivity index (χ3n) is 3.67. The second kappa shape index (κ2) is 6.21. The maximum Gasteiger partial charge on any atom is 0.274 e. The predicted octanol–water partition coefficient (Wildman–Crippen LogP) is 1.07. The Hall–Kier alpha value is -1.45. The lowest BCUT2D eigenvalue weighted by atomic mass is 10.2. The van der Waals surface area contributed by atoms with E-state index >= 15 is 0 Å². The van der Waals surface area contributed by atoms with E-state index in [1.54, 1.807) is 18.2 Å². The van der Waals surface area contributed by atoms with Gasteiger partial charge in [-0.1, -0.05) is 23.9 Å². The lowest BCUT2D eigenvalue weighted by Crippen LogP contribution is -2.38. The number of nitrogens with zero attached hydrogens (tertiary/aromatic N) is 2. The summed E-state index contributed by atoms with van der Waals surface area (Å²) < 4.78 is 42.7. The molecule has 0 aromatic heterocycles. The summed E-state index contributed by atoms with van der Waals surface area (Å²) in [5, 5.41) is 0.0655. The largest absolute Gasteiger partial charge is 0.375 e. The number of amides is 1. The SMILES string of the molecule is COCC(=O)N=C1SC2CS(=O)(=O)CC2N1c1ccccc1F. The number of rotatable bonds is 3. The van der Waals surface area contributed by atoms with E-state index in [4.69, 9.17) is 4.74 Å². The van der Waals surface area contributed by atoms with Gasteiger partial charge in [-0.3, -0.25) is 4.79 Å². The molecule has 2 fully saturated rings. The molecule has 0 saturated carbocycles. The minimum atomic E-state index is -3.17. The van der Waals surface area contributed by atoms with Gasteiger partial charge in [-0.2, -0.15) is 4.99 Å². The quantitative estimate of drug-likeness (QED) is 0.805. The maximum absolute atomic E-state index is 14.2. The lowest BCUT2D eigenvalue weighted by molar-refractivity contribution is -0.121. The Bertz CT molecular complexity index is 766. The number of sulfone groups is 1. The van der Waals surface area contributed by atoms with Crippen LogP contribution in [0.2, 0.25) is 0 Å². The van der Waals surface area contributed by atoms with Gasteiger partial charge in [-0.25, -0.2) is 12.8 Å². The first-order valence-electron chi connectivity index (χ1n) is 6.92. The fourth-order valence-electron chi connectivity index (χ4n) is 2.76. The fourth-order valence-corrected chi connectivity index (χ4v) is 6.68. The Morgan fingerprint density at radius 3 is 2.87 bits per heavy atom. The number of aliphatic imine (C=N–C) groups is 1. The summed E-state index contributed by atoms with van der Waals surface area (Å²) >= 11 is 1.20. The molecule has 2 unspecified atom stereocenters. The van der Waals surface area contributed by atoms with E-state index in [0.29, 0.717) is 5.17 Å². The molecule has 1 amide bonds. The van der Waals surface area contributed by atoms with Crippen molar-refractivity contribution in [2.75, 3.05) is 30.1 Å². The van der Waals surface area contributed by atoms with E-state index in [1.165, 1.54) is 29.8 Å². The molecular formula is C14H15FN2O4S2. The molecule has 0 aliphatic carbocycles. The fraction of sp³-hybridized carbons (Fsp3) is 0.429. The van der Waals surface area contributed by atoms with Crippen molar-refractivity contribution in [1.29, 1.82) is 0 Å². The number of thioether (sulfide) groups is 1. The van der Waals surface area contributed by atoms with E-state index in [-0.39, 0.29) is 29.0 Å². The molecule has 2 atom stereocenters. The van der Waals surface area contributed by atoms with Crippen molar-refractivity contribution in [2.24, 2.45) is 4.99 Å². The molecule has 2 aliphatic heterocycles. The van der Waals surface area contributed by atoms with Crippen molar-refractivity contribution < 1.29 is 22.3 Å². The highest BCUT2D eigenvalue weighted by Crippen LogP contribution is 2.41. The minimum Gasteiger partial charge on any atom is -0.375 e. The monoisotopic (exact) mass is 358 g/mol. The third-order valence-corrected chi connectivity index (χ3v) is 6.88. The van der Waals surface area contributed by atoms with E-state index in [0.717, 1.165) is 0 Å². The topological polar surface area (TPSA) is 76.0 Å². The average Bonchev–Trinajstić information content (AvgIpc) is 2.91. The summed E-state index contributed by atoms with van der Waals surface area (Å²) in [4.78, 5) is 17.2. The average molecular weight is 358 g/mol. The second-order valence-corrected chi connectivity index (χ2v) is 8.70. The van der Waals surface area contributed by atoms with Crippen LogP contribution in [-0.2, 0) is 19.4 Å². The molecule has 9 heteroatoms. The van der Waals surface area contributed by atoms with Gasteiger partial charge < -0.3 is 9.64 Å². The summed E-state index contributed by atoms with van der Waals surface area (Å²) in [6.45, 7) is -0.178. The smallest absolute Gasteiger partial charge is 0.274 e. The molecule has 1 aromatic rings. The Morgan fingerprint density at radius 1 is 1.43 bits per heavy atom. The summed E-state index contributed by atoms with van der Waals surface area (Å²) in [5.74, 6) is -1.04. The first-order valence-corrected chi connectivity index (χ1v) is 9.62. The number of hydrogen-bond donors (Lipinski definition) is 0. The number of methoxy groups -OCH3 is 1. The van der Waals surface area contributed by atoms with Gasteiger partial charge in [0.1, 0.15) is 12.4 Å². The van der Waals surface area contributed by atoms with Gasteiger partial charge in [0.05, 0.1) is 23.2 Å². The summed E-state index contributed by atoms with van der Waals surface area (Å²) in [6, 6.07) is 5.65. The van der Waals surface area contributed by atoms with E-state index in [1.807, 2.05) is 0 Å². The molecule has 0 N–H and O–H groups in total. The molecule has 2 aliphatic rings. The number of carbonyl (C=O) groups excluding carboxylic acids is 1. The van der Waals surface area contributed by atoms with Crippen molar-refractivity contribution in [1.82, 2.24) is 0 Å². The lowest BCUT2D eigenvalue weighted by Gasteiger charge is -2.24. The van der Waals surface area contributed by atoms with Crippen LogP contribution in [0.4, 0.5) is 10.1 Å². The van der Waals surface area contributed by atoms with Gasteiger partial charge >= 0.3 is 0 Å². The van der Waals surface area contributed by atoms with Gasteiger partial charge in [-0.05, 0) is 12.1 Å². The number of amidine groups is 1. The summed E-state index contributed by atoms with van der Waals surface area (Å²) in [6.07, 6.45) is 0. The van der Waals surface area contributed by atoms with Gasteiger partial charge in [0, 0.05) is 12.4 Å². The third kappa shape index (κ3) is 3.26. The van der Waals surface area contributed by atoms with Crippen LogP contribution >= 0.6 is 11.8 Å². The normalized spacial score (nSPS) is 27.4. The molecular weight excluding hydrogens is 343 g/mol. The highest BCUT2D eigenvalue weighted by atomic mass is 32.2. The zero-order valence-electron chi connectivity index (χ0n) is 12.3. The number of ether oxygens (including phenoxy) is 1. The number of para-hydroxylation sites is 1. The molecule has 2 saturated heterocycles. The van der Waals surface area contributed by atoms with Crippen molar-refractivity contribution >= 4 is 38.4 Å². The van der Waals surface area contributed by atoms with Crippen LogP contribution in [-0.4, -0.2) is 56.0 Å². The number of hydrogen-bond acceptors (Lipinski definition) is 5. The summed E-state index contributed by atoms with van der Waals surface area (Å²) in [5.41, 5.74) is 0.230. The molecule has 3 rings (SSSR count). The molecule has 2 heterocycles. The highest BCUT2D eigenvalue weighted by Gasteiger charge is 2.49. The van der Waals surface area contributed by atoms with E-state index < -0.39 is 27.6 Å². The second-order valence-electron chi connectivity index (χ2n) is 5.34. The number of benzene rings is 1. The number of halogens is 1. The molecule has 6 nitrogen and oxygen atoms in total. The Balaban J connectivity index is 2.01. The molecule has 0 bridgehead atoms. The zero-order valence-corrected chi connectivity index (χ0v) is 13.9. The van der Waals surface area contributed by atoms with Crippen LogP contribution in [0.15, 0.2) is 29.3 Å². The van der Waals surface area contributed by atoms with Crippen LogP contribution in [0.1, 0.15) is 0 Å². The summed E-state index contributed by atoms with van der Waals surface area (Å²) in [7, 11) is -1.79. The van der Waals surface area contributed by atoms with E-state index in [2.05, 4.69) is 4.99 Å². The standard InChI is InChI=1S/C14H15FN2O4S2/c1-21-6-13(18)16-14-17(10-5-3-2-4-9(10)15)11-7-23(19,20)8-12(11)22-14/h2-5,11-12H,6-8H2,1H3. The first kappa shape index (κ1) is 16.4. The highest BCUT2D eigenvalue weighted by molar-refractivity contribution is 8.16. The Morgan fingerprint density at radius 2 is 2.17 bits per heavy atom. The van der Waals surface area contributed by atoms with Gasteiger partial charge in [-0.15, -0.1) is 0 Å². The molecule has 0 radical (unpaired) electrons. The van der Waals surface area contributed by atoms with Crippen LogP contribution in [0.5, 0.6) is 0 Å². The van der Waals surface area contributed by atoms with Crippen LogP contribution < -0.4 is 4.90 Å². The Kier molecular flexibility index (Phi) is 4.43. The van der Waals surface area contributed by atoms with Crippen molar-refractivity contribution in [3.63, 3.8) is 0 Å². The van der Waals surface area contributed by atoms with Gasteiger partial charge in [0.2, 0.25) is 0 Å². The maximum atomic E-state index is 14.2. The number of carbonyl (C=O) groups is 1. The van der Waals surface area contributed by atoms with Crippen molar-refractivity contribution in [3.8, 4) is 0 Å². The zero-order chi connectivity index (χ0) is 16.6.